The van der Waals surface area contributed by atoms with E-state index in [2.05, 4.69) is 42.5 Å². The molecular weight excluding hydrogens is 887 g/mol. The molecule has 7 atom stereocenters. The highest BCUT2D eigenvalue weighted by molar-refractivity contribution is 6.00. The molecule has 0 bridgehead atoms. The number of non-ortho nitro benzene ring substituents is 1. The van der Waals surface area contributed by atoms with Crippen molar-refractivity contribution in [3.05, 3.63) is 81.5 Å². The maximum absolute atomic E-state index is 14.5. The number of nitrogens with one attached hydrogen (secondary N) is 6. The SMILES string of the molecule is CC(=O)N[C@@H](CCCCNC(=O)[C@H](N)CCCCNC(=O)[C@@H]1CCCN1C(=O)[C@H](Cc1ccc([N+](=O)[O-])cc1)NC(=O)[C@@H](NC(=O)[C@@H]1C=C2c3cccc4[nH]cc(c34)C[C@H]2N(C)C1)C(C)C)C(N)=O. The van der Waals surface area contributed by atoms with Gasteiger partial charge in [-0.05, 0) is 99.1 Å². The molecule has 1 aromatic heterocycles. The monoisotopic (exact) mass is 954 g/mol. The van der Waals surface area contributed by atoms with Gasteiger partial charge in [-0.25, -0.2) is 0 Å². The van der Waals surface area contributed by atoms with E-state index in [1.807, 2.05) is 45.3 Å². The van der Waals surface area contributed by atoms with Crippen molar-refractivity contribution in [3.8, 4) is 0 Å². The summed E-state index contributed by atoms with van der Waals surface area (Å²) in [6.07, 6.45) is 8.67. The number of nitro groups is 1. The lowest BCUT2D eigenvalue weighted by Crippen LogP contribution is -2.59. The molecule has 2 aromatic carbocycles. The Morgan fingerprint density at radius 2 is 1.59 bits per heavy atom. The van der Waals surface area contributed by atoms with Crippen LogP contribution in [0.15, 0.2) is 54.7 Å². The van der Waals surface area contributed by atoms with E-state index in [9.17, 15) is 43.7 Å². The van der Waals surface area contributed by atoms with Crippen molar-refractivity contribution in [2.45, 2.75) is 121 Å². The topological polar surface area (TPSA) is 297 Å². The first-order valence-corrected chi connectivity index (χ1v) is 24.0. The lowest BCUT2D eigenvalue weighted by Gasteiger charge is -2.39. The van der Waals surface area contributed by atoms with Crippen LogP contribution in [0.2, 0.25) is 0 Å². The second-order valence-corrected chi connectivity index (χ2v) is 18.9. The van der Waals surface area contributed by atoms with Crippen molar-refractivity contribution in [1.82, 2.24) is 41.4 Å². The molecule has 3 aliphatic rings. The van der Waals surface area contributed by atoms with E-state index in [4.69, 9.17) is 11.5 Å². The number of aromatic amines is 1. The molecule has 1 saturated heterocycles. The summed E-state index contributed by atoms with van der Waals surface area (Å²) >= 11 is 0. The van der Waals surface area contributed by atoms with Gasteiger partial charge < -0.3 is 47.9 Å². The van der Waals surface area contributed by atoms with Crippen molar-refractivity contribution < 1.29 is 38.5 Å². The quantitative estimate of drug-likeness (QED) is 0.0385. The van der Waals surface area contributed by atoms with Gasteiger partial charge in [-0.15, -0.1) is 0 Å². The number of hydrogen-bond acceptors (Lipinski definition) is 11. The van der Waals surface area contributed by atoms with E-state index in [1.165, 1.54) is 41.7 Å². The largest absolute Gasteiger partial charge is 0.368 e. The fraction of sp³-hybridized carbons (Fsp3) is 0.531. The number of benzene rings is 2. The number of fused-ring (bicyclic) bond motifs is 2. The molecule has 69 heavy (non-hydrogen) atoms. The molecule has 0 saturated carbocycles. The molecule has 0 spiro atoms. The second-order valence-electron chi connectivity index (χ2n) is 18.9. The molecule has 7 amide bonds. The van der Waals surface area contributed by atoms with Crippen molar-refractivity contribution in [2.75, 3.05) is 33.2 Å². The van der Waals surface area contributed by atoms with Crippen LogP contribution in [0.1, 0.15) is 88.8 Å². The van der Waals surface area contributed by atoms with Crippen molar-refractivity contribution >= 4 is 63.5 Å². The molecule has 20 heteroatoms. The van der Waals surface area contributed by atoms with Crippen LogP contribution in [0.25, 0.3) is 16.5 Å². The third-order valence-electron chi connectivity index (χ3n) is 13.4. The molecule has 0 radical (unpaired) electrons. The zero-order chi connectivity index (χ0) is 49.9. The van der Waals surface area contributed by atoms with Crippen LogP contribution >= 0.6 is 0 Å². The Morgan fingerprint density at radius 3 is 2.28 bits per heavy atom. The summed E-state index contributed by atoms with van der Waals surface area (Å²) in [6, 6.07) is 7.37. The van der Waals surface area contributed by atoms with Gasteiger partial charge in [0.15, 0.2) is 0 Å². The van der Waals surface area contributed by atoms with E-state index < -0.39 is 58.8 Å². The number of nitrogens with zero attached hydrogens (tertiary/aromatic N) is 3. The Kier molecular flexibility index (Phi) is 17.7. The number of rotatable bonds is 23. The number of amides is 7. The predicted molar refractivity (Wildman–Crippen MR) is 259 cm³/mol. The van der Waals surface area contributed by atoms with Crippen molar-refractivity contribution in [2.24, 2.45) is 23.3 Å². The van der Waals surface area contributed by atoms with Gasteiger partial charge in [0.2, 0.25) is 41.4 Å². The summed E-state index contributed by atoms with van der Waals surface area (Å²) < 4.78 is 0. The molecule has 10 N–H and O–H groups in total. The average Bonchev–Trinajstić information content (AvgIpc) is 3.98. The summed E-state index contributed by atoms with van der Waals surface area (Å²) in [5.74, 6) is -3.98. The fourth-order valence-electron chi connectivity index (χ4n) is 9.66. The van der Waals surface area contributed by atoms with E-state index in [1.54, 1.807) is 0 Å². The second kappa shape index (κ2) is 23.6. The smallest absolute Gasteiger partial charge is 0.269 e. The minimum Gasteiger partial charge on any atom is -0.368 e. The summed E-state index contributed by atoms with van der Waals surface area (Å²) in [7, 11) is 2.00. The van der Waals surface area contributed by atoms with Crippen LogP contribution < -0.4 is 38.1 Å². The number of H-pyrrole nitrogens is 1. The number of carbonyl (C=O) groups is 7. The third kappa shape index (κ3) is 13.1. The molecule has 20 nitrogen and oxygen atoms in total. The van der Waals surface area contributed by atoms with Crippen LogP contribution in [0.4, 0.5) is 5.69 Å². The first-order chi connectivity index (χ1) is 32.9. The Bertz CT molecular complexity index is 2420. The Labute approximate surface area is 401 Å². The highest BCUT2D eigenvalue weighted by atomic mass is 16.6. The van der Waals surface area contributed by atoms with Gasteiger partial charge in [0, 0.05) is 74.8 Å². The first kappa shape index (κ1) is 51.7. The molecule has 0 unspecified atom stereocenters. The number of likely N-dealkylation sites (tertiary alicyclic amines) is 1. The molecular formula is C49H67N11O9. The number of nitrogens with two attached hydrogens (primary N) is 2. The summed E-state index contributed by atoms with van der Waals surface area (Å²) in [6.45, 7) is 6.24. The zero-order valence-corrected chi connectivity index (χ0v) is 39.9. The minimum absolute atomic E-state index is 0.0258. The van der Waals surface area contributed by atoms with Crippen LogP contribution in [0, 0.1) is 22.0 Å². The molecule has 6 rings (SSSR count). The van der Waals surface area contributed by atoms with Crippen LogP contribution in [-0.2, 0) is 46.4 Å². The van der Waals surface area contributed by atoms with E-state index in [0.717, 1.165) is 28.5 Å². The number of primary amides is 1. The summed E-state index contributed by atoms with van der Waals surface area (Å²) in [5.41, 5.74) is 16.3. The van der Waals surface area contributed by atoms with E-state index in [0.29, 0.717) is 70.0 Å². The zero-order valence-electron chi connectivity index (χ0n) is 39.9. The molecule has 1 fully saturated rings. The van der Waals surface area contributed by atoms with Crippen LogP contribution in [0.5, 0.6) is 0 Å². The Hall–Kier alpha value is -6.67. The van der Waals surface area contributed by atoms with Gasteiger partial charge in [0.1, 0.15) is 24.2 Å². The molecule has 372 valence electrons. The fourth-order valence-corrected chi connectivity index (χ4v) is 9.66. The van der Waals surface area contributed by atoms with Crippen molar-refractivity contribution in [1.29, 1.82) is 0 Å². The highest BCUT2D eigenvalue weighted by Crippen LogP contribution is 2.41. The molecule has 3 heterocycles. The number of hydrogen-bond donors (Lipinski definition) is 8. The van der Waals surface area contributed by atoms with Gasteiger partial charge in [-0.1, -0.05) is 44.2 Å². The molecule has 2 aliphatic heterocycles. The highest BCUT2D eigenvalue weighted by Gasteiger charge is 2.40. The maximum atomic E-state index is 14.5. The summed E-state index contributed by atoms with van der Waals surface area (Å²) in [4.78, 5) is 110. The lowest BCUT2D eigenvalue weighted by molar-refractivity contribution is -0.384. The van der Waals surface area contributed by atoms with Gasteiger partial charge >= 0.3 is 0 Å². The van der Waals surface area contributed by atoms with Gasteiger partial charge in [-0.3, -0.25) is 48.6 Å². The lowest BCUT2D eigenvalue weighted by atomic mass is 9.79. The Morgan fingerprint density at radius 1 is 0.884 bits per heavy atom. The predicted octanol–water partition coefficient (Wildman–Crippen LogP) is 1.70. The first-order valence-electron chi connectivity index (χ1n) is 24.0. The number of nitro benzene ring substituents is 1. The standard InChI is InChI=1S/C49H67N11O9/c1-28(2)43(57-45(63)32-24-35-34-11-9-14-37-42(34)31(26-54-37)25-41(35)58(4)27-32)48(66)56-39(23-30-16-18-33(19-17-30)60(68)69)49(67)59-22-10-15-40(59)47(65)53-21-7-5-12-36(50)46(64)52-20-8-6-13-38(44(51)62)55-29(3)61/h9,11,14,16-19,24,26,28,32,36,38-41,43,54H,5-8,10,12-13,15,20-23,25,27,50H2,1-4H3,(H2,51,62)(H,52,64)(H,53,65)(H,55,61)(H,56,66)(H,57,63)/t32-,36-,38+,39+,40+,41-,43+/m1/s1. The maximum Gasteiger partial charge on any atom is 0.269 e. The van der Waals surface area contributed by atoms with Gasteiger partial charge in [0.25, 0.3) is 5.69 Å². The average molecular weight is 954 g/mol. The van der Waals surface area contributed by atoms with E-state index in [-0.39, 0.29) is 60.8 Å². The third-order valence-corrected chi connectivity index (χ3v) is 13.4. The van der Waals surface area contributed by atoms with E-state index >= 15 is 0 Å². The Balaban J connectivity index is 1.04. The minimum atomic E-state index is -1.17. The summed E-state index contributed by atoms with van der Waals surface area (Å²) in [5, 5.41) is 26.6. The number of carbonyl (C=O) groups excluding carboxylic acids is 7. The van der Waals surface area contributed by atoms with Crippen LogP contribution in [0.3, 0.4) is 0 Å². The normalized spacial score (nSPS) is 19.4. The van der Waals surface area contributed by atoms with Crippen LogP contribution in [-0.4, -0.2) is 131 Å². The molecule has 1 aliphatic carbocycles. The number of likely N-dealkylation sites (N-methyl/N-ethyl adjacent to an activating group) is 1. The van der Waals surface area contributed by atoms with Crippen molar-refractivity contribution in [3.63, 3.8) is 0 Å². The molecule has 3 aromatic rings. The number of aromatic nitrogens is 1. The van der Waals surface area contributed by atoms with Gasteiger partial charge in [-0.2, -0.15) is 0 Å². The van der Waals surface area contributed by atoms with Gasteiger partial charge in [0.05, 0.1) is 16.9 Å². The number of unbranched alkanes of at least 4 members (excludes halogenated alkanes) is 2.